The zero-order valence-electron chi connectivity index (χ0n) is 6.61. The maximum Gasteiger partial charge on any atom is 0.323 e. The number of aliphatic hydroxyl groups is 1. The first kappa shape index (κ1) is 8.07. The molecule has 2 amide bonds. The number of hydrogen-bond donors (Lipinski definition) is 2. The Morgan fingerprint density at radius 1 is 1.73 bits per heavy atom. The van der Waals surface area contributed by atoms with E-state index in [1.807, 2.05) is 13.8 Å². The van der Waals surface area contributed by atoms with Gasteiger partial charge in [0.2, 0.25) is 0 Å². The molecule has 0 fully saturated rings. The van der Waals surface area contributed by atoms with Gasteiger partial charge in [-0.2, -0.15) is 0 Å². The normalized spacial score (nSPS) is 24.2. The molecule has 4 nitrogen and oxygen atoms in total. The zero-order valence-corrected chi connectivity index (χ0v) is 6.61. The molecule has 0 aromatic heterocycles. The standard InChI is InChI=1S/C7H12N2O2/c1-5(2)9-4-3-6(10)8-7(9)11/h3-6,10H,1-2H3,(H,8,11). The largest absolute Gasteiger partial charge is 0.370 e. The third-order valence-electron chi connectivity index (χ3n) is 1.49. The minimum absolute atomic E-state index is 0.124. The summed E-state index contributed by atoms with van der Waals surface area (Å²) in [5, 5.41) is 11.3. The fraction of sp³-hybridized carbons (Fsp3) is 0.571. The fourth-order valence-electron chi connectivity index (χ4n) is 0.898. The van der Waals surface area contributed by atoms with Crippen LogP contribution < -0.4 is 5.32 Å². The molecule has 1 atom stereocenters. The van der Waals surface area contributed by atoms with Crippen molar-refractivity contribution in [2.45, 2.75) is 26.1 Å². The van der Waals surface area contributed by atoms with E-state index in [4.69, 9.17) is 5.11 Å². The second kappa shape index (κ2) is 2.92. The summed E-state index contributed by atoms with van der Waals surface area (Å²) in [5.41, 5.74) is 0. The molecule has 62 valence electrons. The lowest BCUT2D eigenvalue weighted by Gasteiger charge is -2.27. The van der Waals surface area contributed by atoms with E-state index in [-0.39, 0.29) is 12.1 Å². The van der Waals surface area contributed by atoms with E-state index >= 15 is 0 Å². The number of carbonyl (C=O) groups excluding carboxylic acids is 1. The average molecular weight is 156 g/mol. The molecule has 0 aromatic carbocycles. The highest BCUT2D eigenvalue weighted by atomic mass is 16.3. The van der Waals surface area contributed by atoms with Crippen molar-refractivity contribution in [3.05, 3.63) is 12.3 Å². The summed E-state index contributed by atoms with van der Waals surface area (Å²) in [6, 6.07) is -0.131. The molecule has 0 saturated heterocycles. The minimum Gasteiger partial charge on any atom is -0.370 e. The summed E-state index contributed by atoms with van der Waals surface area (Å²) in [6.07, 6.45) is 2.28. The summed E-state index contributed by atoms with van der Waals surface area (Å²) in [4.78, 5) is 12.6. The van der Waals surface area contributed by atoms with Crippen LogP contribution in [-0.4, -0.2) is 28.3 Å². The first-order valence-corrected chi connectivity index (χ1v) is 3.56. The molecule has 0 aromatic rings. The van der Waals surface area contributed by atoms with Gasteiger partial charge in [-0.05, 0) is 19.9 Å². The second-order valence-electron chi connectivity index (χ2n) is 2.74. The minimum atomic E-state index is -0.836. The first-order valence-electron chi connectivity index (χ1n) is 3.56. The van der Waals surface area contributed by atoms with Crippen LogP contribution in [0.15, 0.2) is 12.3 Å². The third kappa shape index (κ3) is 1.71. The van der Waals surface area contributed by atoms with Crippen LogP contribution in [0.1, 0.15) is 13.8 Å². The van der Waals surface area contributed by atoms with Crippen molar-refractivity contribution in [3.8, 4) is 0 Å². The Hall–Kier alpha value is -1.03. The van der Waals surface area contributed by atoms with Crippen LogP contribution in [0.3, 0.4) is 0 Å². The molecule has 0 saturated carbocycles. The van der Waals surface area contributed by atoms with Crippen LogP contribution >= 0.6 is 0 Å². The lowest BCUT2D eigenvalue weighted by atomic mass is 10.3. The highest BCUT2D eigenvalue weighted by Crippen LogP contribution is 2.04. The summed E-state index contributed by atoms with van der Waals surface area (Å²) in [5.74, 6) is 0. The molecule has 0 bridgehead atoms. The van der Waals surface area contributed by atoms with Gasteiger partial charge >= 0.3 is 6.03 Å². The average Bonchev–Trinajstić information content (AvgIpc) is 1.85. The van der Waals surface area contributed by atoms with Crippen LogP contribution in [0.5, 0.6) is 0 Å². The van der Waals surface area contributed by atoms with Gasteiger partial charge in [0.1, 0.15) is 6.23 Å². The van der Waals surface area contributed by atoms with Crippen LogP contribution in [0, 0.1) is 0 Å². The maximum atomic E-state index is 11.0. The Balaban J connectivity index is 2.68. The highest BCUT2D eigenvalue weighted by molar-refractivity contribution is 5.77. The van der Waals surface area contributed by atoms with Gasteiger partial charge < -0.3 is 10.4 Å². The molecule has 1 aliphatic heterocycles. The number of aliphatic hydroxyl groups excluding tert-OH is 1. The number of carbonyl (C=O) groups is 1. The lowest BCUT2D eigenvalue weighted by molar-refractivity contribution is 0.146. The SMILES string of the molecule is CC(C)N1C=CC(O)NC1=O. The van der Waals surface area contributed by atoms with Gasteiger partial charge in [-0.25, -0.2) is 4.79 Å². The topological polar surface area (TPSA) is 52.6 Å². The van der Waals surface area contributed by atoms with Crippen molar-refractivity contribution in [2.24, 2.45) is 0 Å². The Kier molecular flexibility index (Phi) is 2.14. The van der Waals surface area contributed by atoms with E-state index in [2.05, 4.69) is 5.32 Å². The number of nitrogens with zero attached hydrogens (tertiary/aromatic N) is 1. The number of hydrogen-bond acceptors (Lipinski definition) is 2. The quantitative estimate of drug-likeness (QED) is 0.572. The molecular formula is C7H12N2O2. The first-order chi connectivity index (χ1) is 5.11. The van der Waals surface area contributed by atoms with Crippen LogP contribution in [0.4, 0.5) is 4.79 Å². The molecule has 1 unspecified atom stereocenters. The van der Waals surface area contributed by atoms with Crippen molar-refractivity contribution >= 4 is 6.03 Å². The van der Waals surface area contributed by atoms with Crippen molar-refractivity contribution in [1.29, 1.82) is 0 Å². The van der Waals surface area contributed by atoms with E-state index in [9.17, 15) is 4.79 Å². The molecular weight excluding hydrogens is 144 g/mol. The summed E-state index contributed by atoms with van der Waals surface area (Å²) < 4.78 is 0. The number of nitrogens with one attached hydrogen (secondary N) is 1. The van der Waals surface area contributed by atoms with E-state index in [1.54, 1.807) is 6.20 Å². The summed E-state index contributed by atoms with van der Waals surface area (Å²) >= 11 is 0. The molecule has 1 heterocycles. The van der Waals surface area contributed by atoms with Crippen molar-refractivity contribution in [1.82, 2.24) is 10.2 Å². The van der Waals surface area contributed by atoms with Gasteiger partial charge in [-0.3, -0.25) is 4.90 Å². The molecule has 2 N–H and O–H groups in total. The summed E-state index contributed by atoms with van der Waals surface area (Å²) in [7, 11) is 0. The highest BCUT2D eigenvalue weighted by Gasteiger charge is 2.19. The zero-order chi connectivity index (χ0) is 8.43. The fourth-order valence-corrected chi connectivity index (χ4v) is 0.898. The van der Waals surface area contributed by atoms with Gasteiger partial charge in [0.25, 0.3) is 0 Å². The molecule has 0 spiro atoms. The van der Waals surface area contributed by atoms with Crippen molar-refractivity contribution in [2.75, 3.05) is 0 Å². The van der Waals surface area contributed by atoms with E-state index in [1.165, 1.54) is 11.0 Å². The maximum absolute atomic E-state index is 11.0. The monoisotopic (exact) mass is 156 g/mol. The van der Waals surface area contributed by atoms with Crippen LogP contribution in [0.25, 0.3) is 0 Å². The van der Waals surface area contributed by atoms with Gasteiger partial charge in [0, 0.05) is 12.2 Å². The molecule has 0 aliphatic carbocycles. The second-order valence-corrected chi connectivity index (χ2v) is 2.74. The van der Waals surface area contributed by atoms with Gasteiger partial charge in [-0.1, -0.05) is 0 Å². The van der Waals surface area contributed by atoms with E-state index < -0.39 is 6.23 Å². The lowest BCUT2D eigenvalue weighted by Crippen LogP contribution is -2.47. The molecule has 4 heteroatoms. The predicted molar refractivity (Wildman–Crippen MR) is 40.7 cm³/mol. The van der Waals surface area contributed by atoms with Crippen LogP contribution in [0.2, 0.25) is 0 Å². The molecule has 1 rings (SSSR count). The molecule has 11 heavy (non-hydrogen) atoms. The smallest absolute Gasteiger partial charge is 0.323 e. The number of rotatable bonds is 1. The molecule has 1 aliphatic rings. The van der Waals surface area contributed by atoms with Gasteiger partial charge in [0.15, 0.2) is 0 Å². The molecule has 0 radical (unpaired) electrons. The Labute approximate surface area is 65.5 Å². The number of amides is 2. The van der Waals surface area contributed by atoms with Gasteiger partial charge in [0.05, 0.1) is 0 Å². The van der Waals surface area contributed by atoms with E-state index in [0.29, 0.717) is 0 Å². The van der Waals surface area contributed by atoms with Crippen LogP contribution in [-0.2, 0) is 0 Å². The van der Waals surface area contributed by atoms with Crippen molar-refractivity contribution < 1.29 is 9.90 Å². The number of urea groups is 1. The van der Waals surface area contributed by atoms with Gasteiger partial charge in [-0.15, -0.1) is 0 Å². The van der Waals surface area contributed by atoms with E-state index in [0.717, 1.165) is 0 Å². The Bertz CT molecular complexity index is 189. The Morgan fingerprint density at radius 2 is 2.36 bits per heavy atom. The third-order valence-corrected chi connectivity index (χ3v) is 1.49. The summed E-state index contributed by atoms with van der Waals surface area (Å²) in [6.45, 7) is 3.81. The Morgan fingerprint density at radius 3 is 2.82 bits per heavy atom. The van der Waals surface area contributed by atoms with Crippen molar-refractivity contribution in [3.63, 3.8) is 0 Å². The predicted octanol–water partition coefficient (Wildman–Crippen LogP) is 0.252.